The average molecular weight is 469 g/mol. The lowest BCUT2D eigenvalue weighted by atomic mass is 9.94. The third-order valence-electron chi connectivity index (χ3n) is 6.19. The number of anilines is 1. The Bertz CT molecular complexity index is 1230. The number of benzene rings is 1. The topological polar surface area (TPSA) is 87.9 Å². The van der Waals surface area contributed by atoms with Gasteiger partial charge in [-0.2, -0.15) is 0 Å². The van der Waals surface area contributed by atoms with E-state index in [1.54, 1.807) is 31.3 Å². The summed E-state index contributed by atoms with van der Waals surface area (Å²) in [6, 6.07) is 5.59. The summed E-state index contributed by atoms with van der Waals surface area (Å²) in [6.45, 7) is 5.92. The molecule has 2 aliphatic rings. The second-order valence-electron chi connectivity index (χ2n) is 9.58. The van der Waals surface area contributed by atoms with Gasteiger partial charge in [0.2, 0.25) is 0 Å². The zero-order valence-electron chi connectivity index (χ0n) is 19.3. The van der Waals surface area contributed by atoms with Crippen molar-refractivity contribution in [2.75, 3.05) is 38.8 Å². The number of nitrogens with one attached hydrogen (secondary N) is 1. The zero-order valence-corrected chi connectivity index (χ0v) is 20.1. The van der Waals surface area contributed by atoms with Crippen molar-refractivity contribution in [1.29, 1.82) is 0 Å². The SMILES string of the molecule is CN(C)C(=O)c1ccc2occ(C[C@H]3COCCN3c3nc4c(s3)C(=O)NC(C)(C)C4)c2c1. The second-order valence-corrected chi connectivity index (χ2v) is 10.6. The summed E-state index contributed by atoms with van der Waals surface area (Å²) in [6.07, 6.45) is 3.17. The van der Waals surface area contributed by atoms with Crippen molar-refractivity contribution >= 4 is 39.3 Å². The molecular weight excluding hydrogens is 440 g/mol. The summed E-state index contributed by atoms with van der Waals surface area (Å²) < 4.78 is 11.6. The molecule has 0 aliphatic carbocycles. The normalized spacial score (nSPS) is 19.9. The highest BCUT2D eigenvalue weighted by atomic mass is 32.1. The number of amides is 2. The molecule has 9 heteroatoms. The van der Waals surface area contributed by atoms with Crippen LogP contribution in [0.2, 0.25) is 0 Å². The summed E-state index contributed by atoms with van der Waals surface area (Å²) in [4.78, 5) is 34.4. The summed E-state index contributed by atoms with van der Waals surface area (Å²) in [5.41, 5.74) is 2.99. The number of aromatic nitrogens is 1. The maximum absolute atomic E-state index is 12.6. The molecule has 8 nitrogen and oxygen atoms in total. The first-order chi connectivity index (χ1) is 15.7. The number of morpholine rings is 1. The number of carbonyl (C=O) groups excluding carboxylic acids is 2. The molecule has 1 N–H and O–H groups in total. The van der Waals surface area contributed by atoms with Crippen LogP contribution in [0.5, 0.6) is 0 Å². The number of rotatable bonds is 4. The minimum atomic E-state index is -0.294. The van der Waals surface area contributed by atoms with Crippen LogP contribution in [0.1, 0.15) is 45.1 Å². The van der Waals surface area contributed by atoms with E-state index in [0.717, 1.165) is 27.4 Å². The van der Waals surface area contributed by atoms with E-state index in [4.69, 9.17) is 14.1 Å². The predicted molar refractivity (Wildman–Crippen MR) is 127 cm³/mol. The molecule has 2 aromatic heterocycles. The van der Waals surface area contributed by atoms with Crippen molar-refractivity contribution in [2.24, 2.45) is 0 Å². The number of ether oxygens (including phenoxy) is 1. The third kappa shape index (κ3) is 4.11. The minimum absolute atomic E-state index is 0.0405. The molecule has 1 fully saturated rings. The first-order valence-electron chi connectivity index (χ1n) is 11.1. The minimum Gasteiger partial charge on any atom is -0.464 e. The van der Waals surface area contributed by atoms with E-state index in [2.05, 4.69) is 10.2 Å². The first kappa shape index (κ1) is 21.9. The lowest BCUT2D eigenvalue weighted by molar-refractivity contribution is 0.0827. The third-order valence-corrected chi connectivity index (χ3v) is 7.32. The highest BCUT2D eigenvalue weighted by Crippen LogP contribution is 2.35. The number of furan rings is 1. The maximum atomic E-state index is 12.6. The van der Waals surface area contributed by atoms with Crippen LogP contribution < -0.4 is 10.2 Å². The van der Waals surface area contributed by atoms with Gasteiger partial charge >= 0.3 is 0 Å². The smallest absolute Gasteiger partial charge is 0.263 e. The Morgan fingerprint density at radius 1 is 1.36 bits per heavy atom. The number of hydrogen-bond acceptors (Lipinski definition) is 7. The van der Waals surface area contributed by atoms with E-state index < -0.39 is 0 Å². The van der Waals surface area contributed by atoms with Crippen LogP contribution >= 0.6 is 11.3 Å². The van der Waals surface area contributed by atoms with E-state index in [9.17, 15) is 9.59 Å². The monoisotopic (exact) mass is 468 g/mol. The van der Waals surface area contributed by atoms with Crippen molar-refractivity contribution < 1.29 is 18.7 Å². The Morgan fingerprint density at radius 3 is 2.97 bits per heavy atom. The molecule has 0 unspecified atom stereocenters. The van der Waals surface area contributed by atoms with Gasteiger partial charge in [0, 0.05) is 49.1 Å². The number of carbonyl (C=O) groups is 2. The summed E-state index contributed by atoms with van der Waals surface area (Å²) in [5.74, 6) is -0.0880. The van der Waals surface area contributed by atoms with E-state index in [1.165, 1.54) is 11.3 Å². The van der Waals surface area contributed by atoms with Crippen LogP contribution in [0, 0.1) is 0 Å². The molecule has 1 aromatic carbocycles. The molecule has 0 bridgehead atoms. The molecule has 1 saturated heterocycles. The standard InChI is InChI=1S/C24H28N4O4S/c1-24(2)11-18-20(21(29)26-24)33-23(25-18)28-7-8-31-13-16(28)9-15-12-32-19-6-5-14(10-17(15)19)22(30)27(3)4/h5-6,10,12,16H,7-9,11,13H2,1-4H3,(H,26,29)/t16-/m0/s1. The number of nitrogens with zero attached hydrogens (tertiary/aromatic N) is 3. The van der Waals surface area contributed by atoms with Crippen LogP contribution in [0.3, 0.4) is 0 Å². The van der Waals surface area contributed by atoms with Crippen LogP contribution in [-0.2, 0) is 17.6 Å². The van der Waals surface area contributed by atoms with Crippen molar-refractivity contribution in [3.63, 3.8) is 0 Å². The van der Waals surface area contributed by atoms with Crippen molar-refractivity contribution in [1.82, 2.24) is 15.2 Å². The fourth-order valence-electron chi connectivity index (χ4n) is 4.55. The van der Waals surface area contributed by atoms with Gasteiger partial charge in [-0.15, -0.1) is 0 Å². The van der Waals surface area contributed by atoms with E-state index in [-0.39, 0.29) is 23.4 Å². The van der Waals surface area contributed by atoms with Crippen molar-refractivity contribution in [2.45, 2.75) is 38.3 Å². The Labute approximate surface area is 196 Å². The fourth-order valence-corrected chi connectivity index (χ4v) is 5.62. The predicted octanol–water partition coefficient (Wildman–Crippen LogP) is 3.10. The van der Waals surface area contributed by atoms with Crippen LogP contribution in [0.4, 0.5) is 5.13 Å². The quantitative estimate of drug-likeness (QED) is 0.633. The first-order valence-corrected chi connectivity index (χ1v) is 11.9. The van der Waals surface area contributed by atoms with Gasteiger partial charge in [-0.1, -0.05) is 11.3 Å². The summed E-state index contributed by atoms with van der Waals surface area (Å²) >= 11 is 1.45. The molecule has 2 amide bonds. The van der Waals surface area contributed by atoms with Gasteiger partial charge in [0.25, 0.3) is 11.8 Å². The maximum Gasteiger partial charge on any atom is 0.263 e. The number of fused-ring (bicyclic) bond motifs is 2. The van der Waals surface area contributed by atoms with Gasteiger partial charge in [-0.25, -0.2) is 4.98 Å². The van der Waals surface area contributed by atoms with Gasteiger partial charge in [0.15, 0.2) is 5.13 Å². The van der Waals surface area contributed by atoms with E-state index >= 15 is 0 Å². The highest BCUT2D eigenvalue weighted by molar-refractivity contribution is 7.17. The van der Waals surface area contributed by atoms with Gasteiger partial charge in [0.05, 0.1) is 31.2 Å². The lowest BCUT2D eigenvalue weighted by Gasteiger charge is -2.35. The van der Waals surface area contributed by atoms with Gasteiger partial charge in [-0.05, 0) is 38.5 Å². The molecule has 3 aromatic rings. The molecular formula is C24H28N4O4S. The molecule has 0 radical (unpaired) electrons. The van der Waals surface area contributed by atoms with E-state index in [0.29, 0.717) is 43.0 Å². The Hall–Kier alpha value is -2.91. The Kier molecular flexibility index (Phi) is 5.41. The number of hydrogen-bond donors (Lipinski definition) is 1. The molecule has 1 atom stereocenters. The largest absolute Gasteiger partial charge is 0.464 e. The zero-order chi connectivity index (χ0) is 23.3. The summed E-state index contributed by atoms with van der Waals surface area (Å²) in [5, 5.41) is 4.86. The van der Waals surface area contributed by atoms with E-state index in [1.807, 2.05) is 26.0 Å². The molecule has 5 rings (SSSR count). The Balaban J connectivity index is 1.44. The van der Waals surface area contributed by atoms with Gasteiger partial charge in [-0.3, -0.25) is 9.59 Å². The highest BCUT2D eigenvalue weighted by Gasteiger charge is 2.35. The molecule has 0 spiro atoms. The van der Waals surface area contributed by atoms with Crippen molar-refractivity contribution in [3.05, 3.63) is 46.2 Å². The fraction of sp³-hybridized carbons (Fsp3) is 0.458. The molecule has 2 aliphatic heterocycles. The molecule has 33 heavy (non-hydrogen) atoms. The van der Waals surface area contributed by atoms with Crippen LogP contribution in [-0.4, -0.2) is 67.1 Å². The second kappa shape index (κ2) is 8.14. The molecule has 174 valence electrons. The molecule has 0 saturated carbocycles. The Morgan fingerprint density at radius 2 is 2.18 bits per heavy atom. The van der Waals surface area contributed by atoms with Gasteiger partial charge in [0.1, 0.15) is 10.5 Å². The average Bonchev–Trinajstić information content (AvgIpc) is 3.37. The van der Waals surface area contributed by atoms with Gasteiger partial charge < -0.3 is 24.3 Å². The lowest BCUT2D eigenvalue weighted by Crippen LogP contribution is -2.48. The van der Waals surface area contributed by atoms with Crippen LogP contribution in [0.25, 0.3) is 11.0 Å². The van der Waals surface area contributed by atoms with Crippen molar-refractivity contribution in [3.8, 4) is 0 Å². The number of thiazole rings is 1. The van der Waals surface area contributed by atoms with Crippen LogP contribution in [0.15, 0.2) is 28.9 Å². The summed E-state index contributed by atoms with van der Waals surface area (Å²) in [7, 11) is 3.49. The molecule has 4 heterocycles.